The van der Waals surface area contributed by atoms with Gasteiger partial charge in [-0.1, -0.05) is 6.92 Å². The maximum atomic E-state index is 13.2. The van der Waals surface area contributed by atoms with Crippen LogP contribution < -0.4 is 9.47 Å². The molecule has 4 heterocycles. The third-order valence-corrected chi connectivity index (χ3v) is 7.96. The first kappa shape index (κ1) is 20.8. The van der Waals surface area contributed by atoms with Crippen LogP contribution >= 0.6 is 11.3 Å². The zero-order chi connectivity index (χ0) is 21.2. The highest BCUT2D eigenvalue weighted by atomic mass is 32.1. The lowest BCUT2D eigenvalue weighted by molar-refractivity contribution is 0.0627. The quantitative estimate of drug-likeness (QED) is 0.687. The van der Waals surface area contributed by atoms with Crippen molar-refractivity contribution < 1.29 is 14.3 Å². The molecular weight excluding hydrogens is 408 g/mol. The summed E-state index contributed by atoms with van der Waals surface area (Å²) in [6.07, 6.45) is 4.98. The van der Waals surface area contributed by atoms with Crippen molar-refractivity contribution in [1.82, 2.24) is 9.80 Å². The molecule has 31 heavy (non-hydrogen) atoms. The van der Waals surface area contributed by atoms with Gasteiger partial charge < -0.3 is 19.3 Å². The Hall–Kier alpha value is -2.05. The molecule has 0 radical (unpaired) electrons. The van der Waals surface area contributed by atoms with Gasteiger partial charge in [0.15, 0.2) is 11.5 Å². The van der Waals surface area contributed by atoms with Gasteiger partial charge in [-0.15, -0.1) is 11.3 Å². The number of carbonyl (C=O) groups excluding carboxylic acids is 1. The summed E-state index contributed by atoms with van der Waals surface area (Å²) in [7, 11) is 0. The van der Waals surface area contributed by atoms with E-state index in [9.17, 15) is 4.79 Å². The van der Waals surface area contributed by atoms with Crippen molar-refractivity contribution in [2.45, 2.75) is 32.6 Å². The van der Waals surface area contributed by atoms with E-state index in [-0.39, 0.29) is 5.91 Å². The monoisotopic (exact) mass is 440 g/mol. The molecule has 6 heteroatoms. The predicted octanol–water partition coefficient (Wildman–Crippen LogP) is 4.77. The van der Waals surface area contributed by atoms with Crippen molar-refractivity contribution in [3.8, 4) is 21.9 Å². The lowest BCUT2D eigenvalue weighted by Gasteiger charge is -2.37. The first-order valence-electron chi connectivity index (χ1n) is 11.7. The Bertz CT molecular complexity index is 919. The van der Waals surface area contributed by atoms with Gasteiger partial charge in [0.1, 0.15) is 13.2 Å². The molecule has 3 aliphatic rings. The predicted molar refractivity (Wildman–Crippen MR) is 124 cm³/mol. The van der Waals surface area contributed by atoms with Gasteiger partial charge in [-0.2, -0.15) is 0 Å². The summed E-state index contributed by atoms with van der Waals surface area (Å²) in [6.45, 7) is 8.88. The summed E-state index contributed by atoms with van der Waals surface area (Å²) in [5.74, 6) is 3.23. The van der Waals surface area contributed by atoms with Gasteiger partial charge in [-0.25, -0.2) is 0 Å². The number of amides is 1. The minimum atomic E-state index is 0.186. The zero-order valence-electron chi connectivity index (χ0n) is 18.3. The Kier molecular flexibility index (Phi) is 6.19. The molecule has 3 aliphatic heterocycles. The molecule has 1 atom stereocenters. The molecule has 5 nitrogen and oxygen atoms in total. The Morgan fingerprint density at radius 3 is 2.68 bits per heavy atom. The molecule has 1 unspecified atom stereocenters. The fourth-order valence-corrected chi connectivity index (χ4v) is 5.94. The second-order valence-electron chi connectivity index (χ2n) is 9.26. The highest BCUT2D eigenvalue weighted by molar-refractivity contribution is 7.17. The van der Waals surface area contributed by atoms with Gasteiger partial charge in [0.25, 0.3) is 5.91 Å². The standard InChI is InChI=1S/C25H32N2O3S/c1-18-8-11-26(12-9-18)16-19-3-2-10-27(17-19)25(28)24-7-6-23(31-24)20-4-5-21-22(15-20)30-14-13-29-21/h4-7,15,18-19H,2-3,8-14,16-17H2,1H3. The van der Waals surface area contributed by atoms with E-state index in [1.54, 1.807) is 11.3 Å². The number of carbonyl (C=O) groups is 1. The number of fused-ring (bicyclic) bond motifs is 1. The SMILES string of the molecule is CC1CCN(CC2CCCN(C(=O)c3ccc(-c4ccc5c(c4)OCCO5)s3)C2)CC1. The van der Waals surface area contributed by atoms with E-state index in [2.05, 4.69) is 22.8 Å². The third-order valence-electron chi connectivity index (χ3n) is 6.84. The van der Waals surface area contributed by atoms with Crippen LogP contribution in [0, 0.1) is 11.8 Å². The molecule has 0 aliphatic carbocycles. The summed E-state index contributed by atoms with van der Waals surface area (Å²) in [6, 6.07) is 10.1. The second kappa shape index (κ2) is 9.21. The van der Waals surface area contributed by atoms with Crippen molar-refractivity contribution in [2.24, 2.45) is 11.8 Å². The molecule has 0 spiro atoms. The van der Waals surface area contributed by atoms with Crippen molar-refractivity contribution in [3.63, 3.8) is 0 Å². The number of benzene rings is 1. The van der Waals surface area contributed by atoms with Gasteiger partial charge in [0.2, 0.25) is 0 Å². The van der Waals surface area contributed by atoms with Gasteiger partial charge in [0.05, 0.1) is 4.88 Å². The molecule has 1 aromatic heterocycles. The van der Waals surface area contributed by atoms with Crippen LogP contribution in [0.2, 0.25) is 0 Å². The van der Waals surface area contributed by atoms with Crippen LogP contribution in [0.4, 0.5) is 0 Å². The number of ether oxygens (including phenoxy) is 2. The summed E-state index contributed by atoms with van der Waals surface area (Å²) in [4.78, 5) is 19.9. The third kappa shape index (κ3) is 4.75. The molecule has 1 aromatic carbocycles. The van der Waals surface area contributed by atoms with Gasteiger partial charge in [0, 0.05) is 24.5 Å². The Balaban J connectivity index is 1.23. The first-order valence-corrected chi connectivity index (χ1v) is 12.5. The lowest BCUT2D eigenvalue weighted by atomic mass is 9.94. The summed E-state index contributed by atoms with van der Waals surface area (Å²) < 4.78 is 11.3. The van der Waals surface area contributed by atoms with Crippen molar-refractivity contribution in [3.05, 3.63) is 35.2 Å². The van der Waals surface area contributed by atoms with E-state index in [0.717, 1.165) is 58.8 Å². The van der Waals surface area contributed by atoms with Crippen LogP contribution in [-0.4, -0.2) is 61.6 Å². The lowest BCUT2D eigenvalue weighted by Crippen LogP contribution is -2.45. The molecule has 2 aromatic rings. The number of hydrogen-bond donors (Lipinski definition) is 0. The molecule has 166 valence electrons. The fraction of sp³-hybridized carbons (Fsp3) is 0.560. The van der Waals surface area contributed by atoms with E-state index >= 15 is 0 Å². The van der Waals surface area contributed by atoms with Crippen LogP contribution in [0.1, 0.15) is 42.3 Å². The van der Waals surface area contributed by atoms with Gasteiger partial charge in [-0.05, 0) is 86.5 Å². The largest absolute Gasteiger partial charge is 0.486 e. The van der Waals surface area contributed by atoms with E-state index in [1.807, 2.05) is 24.3 Å². The van der Waals surface area contributed by atoms with Crippen LogP contribution in [0.15, 0.2) is 30.3 Å². The highest BCUT2D eigenvalue weighted by Gasteiger charge is 2.28. The Morgan fingerprint density at radius 1 is 1.03 bits per heavy atom. The van der Waals surface area contributed by atoms with Gasteiger partial charge in [-0.3, -0.25) is 4.79 Å². The number of likely N-dealkylation sites (tertiary alicyclic amines) is 2. The minimum absolute atomic E-state index is 0.186. The molecule has 2 saturated heterocycles. The minimum Gasteiger partial charge on any atom is -0.486 e. The Morgan fingerprint density at radius 2 is 1.84 bits per heavy atom. The highest BCUT2D eigenvalue weighted by Crippen LogP contribution is 2.37. The van der Waals surface area contributed by atoms with Crippen LogP contribution in [-0.2, 0) is 0 Å². The van der Waals surface area contributed by atoms with E-state index in [0.29, 0.717) is 19.1 Å². The summed E-state index contributed by atoms with van der Waals surface area (Å²) in [5.41, 5.74) is 1.07. The molecule has 1 amide bonds. The van der Waals surface area contributed by atoms with E-state index in [4.69, 9.17) is 9.47 Å². The molecule has 0 bridgehead atoms. The topological polar surface area (TPSA) is 42.0 Å². The van der Waals surface area contributed by atoms with Crippen molar-refractivity contribution >= 4 is 17.2 Å². The second-order valence-corrected chi connectivity index (χ2v) is 10.3. The molecule has 2 fully saturated rings. The number of hydrogen-bond acceptors (Lipinski definition) is 5. The van der Waals surface area contributed by atoms with Crippen molar-refractivity contribution in [1.29, 1.82) is 0 Å². The van der Waals surface area contributed by atoms with Crippen LogP contribution in [0.3, 0.4) is 0 Å². The number of thiophene rings is 1. The normalized spacial score (nSPS) is 22.5. The smallest absolute Gasteiger partial charge is 0.263 e. The number of piperidine rings is 2. The van der Waals surface area contributed by atoms with Gasteiger partial charge >= 0.3 is 0 Å². The maximum Gasteiger partial charge on any atom is 0.263 e. The van der Waals surface area contributed by atoms with Crippen LogP contribution in [0.25, 0.3) is 10.4 Å². The van der Waals surface area contributed by atoms with Crippen LogP contribution in [0.5, 0.6) is 11.5 Å². The first-order chi connectivity index (χ1) is 15.2. The van der Waals surface area contributed by atoms with Crippen molar-refractivity contribution in [2.75, 3.05) is 45.9 Å². The number of rotatable bonds is 4. The molecule has 0 saturated carbocycles. The molecule has 0 N–H and O–H groups in total. The summed E-state index contributed by atoms with van der Waals surface area (Å²) in [5, 5.41) is 0. The Labute approximate surface area is 188 Å². The number of nitrogens with zero attached hydrogens (tertiary/aromatic N) is 2. The summed E-state index contributed by atoms with van der Waals surface area (Å²) >= 11 is 1.58. The molecule has 5 rings (SSSR count). The molecular formula is C25H32N2O3S. The average Bonchev–Trinajstić information content (AvgIpc) is 3.30. The van der Waals surface area contributed by atoms with E-state index in [1.165, 1.54) is 32.4 Å². The zero-order valence-corrected chi connectivity index (χ0v) is 19.2. The fourth-order valence-electron chi connectivity index (χ4n) is 4.97. The average molecular weight is 441 g/mol. The van der Waals surface area contributed by atoms with E-state index < -0.39 is 0 Å². The maximum absolute atomic E-state index is 13.2.